The van der Waals surface area contributed by atoms with E-state index >= 15 is 0 Å². The summed E-state index contributed by atoms with van der Waals surface area (Å²) >= 11 is 4.52. The van der Waals surface area contributed by atoms with Gasteiger partial charge >= 0.3 is 0 Å². The second-order valence-electron chi connectivity index (χ2n) is 3.06. The van der Waals surface area contributed by atoms with Crippen LogP contribution < -0.4 is 0 Å². The highest BCUT2D eigenvalue weighted by Crippen LogP contribution is 2.32. The average molecular weight is 160 g/mol. The predicted molar refractivity (Wildman–Crippen MR) is 51.8 cm³/mol. The molecule has 1 aliphatic carbocycles. The maximum absolute atomic E-state index is 4.52. The Morgan fingerprint density at radius 2 is 1.40 bits per heavy atom. The van der Waals surface area contributed by atoms with Crippen LogP contribution in [0.15, 0.2) is 0 Å². The first-order valence-corrected chi connectivity index (χ1v) is 4.88. The van der Waals surface area contributed by atoms with E-state index in [1.54, 1.807) is 0 Å². The van der Waals surface area contributed by atoms with Crippen molar-refractivity contribution in [2.45, 2.75) is 57.6 Å². The predicted octanol–water partition coefficient (Wildman–Crippen LogP) is 3.67. The van der Waals surface area contributed by atoms with Gasteiger partial charge in [-0.1, -0.05) is 40.0 Å². The first-order valence-electron chi connectivity index (χ1n) is 4.43. The Morgan fingerprint density at radius 3 is 1.60 bits per heavy atom. The highest BCUT2D eigenvalue weighted by Gasteiger charge is 2.21. The summed E-state index contributed by atoms with van der Waals surface area (Å²) in [6, 6.07) is 0. The van der Waals surface area contributed by atoms with Gasteiger partial charge in [-0.2, -0.15) is 12.6 Å². The number of hydrogen-bond acceptors (Lipinski definition) is 1. The fraction of sp³-hybridized carbons (Fsp3) is 1.00. The smallest absolute Gasteiger partial charge is 0.0101 e. The molecule has 0 bridgehead atoms. The molecule has 1 rings (SSSR count). The van der Waals surface area contributed by atoms with E-state index in [1.807, 2.05) is 13.8 Å². The van der Waals surface area contributed by atoms with E-state index in [9.17, 15) is 0 Å². The van der Waals surface area contributed by atoms with Crippen molar-refractivity contribution in [3.8, 4) is 0 Å². The lowest BCUT2D eigenvalue weighted by atomic mass is 9.90. The van der Waals surface area contributed by atoms with Crippen molar-refractivity contribution in [3.05, 3.63) is 0 Å². The minimum absolute atomic E-state index is 0.373. The van der Waals surface area contributed by atoms with Crippen LogP contribution in [-0.4, -0.2) is 4.75 Å². The highest BCUT2D eigenvalue weighted by atomic mass is 32.1. The molecule has 0 radical (unpaired) electrons. The zero-order chi connectivity index (χ0) is 8.04. The standard InChI is InChI=1S/C7H14S.C2H6/c1-7(8)5-3-2-4-6-7;1-2/h8H,2-6H2,1H3;1-2H3. The minimum Gasteiger partial charge on any atom is -0.173 e. The summed E-state index contributed by atoms with van der Waals surface area (Å²) in [5.41, 5.74) is 0. The number of rotatable bonds is 0. The maximum atomic E-state index is 4.52. The van der Waals surface area contributed by atoms with Gasteiger partial charge < -0.3 is 0 Å². The van der Waals surface area contributed by atoms with Crippen LogP contribution in [-0.2, 0) is 0 Å². The fourth-order valence-corrected chi connectivity index (χ4v) is 1.63. The van der Waals surface area contributed by atoms with E-state index < -0.39 is 0 Å². The second-order valence-corrected chi connectivity index (χ2v) is 4.14. The van der Waals surface area contributed by atoms with Crippen molar-refractivity contribution in [2.75, 3.05) is 0 Å². The molecule has 0 nitrogen and oxygen atoms in total. The van der Waals surface area contributed by atoms with Crippen molar-refractivity contribution in [1.29, 1.82) is 0 Å². The molecule has 1 saturated carbocycles. The molecule has 0 aromatic rings. The van der Waals surface area contributed by atoms with E-state index in [4.69, 9.17) is 0 Å². The van der Waals surface area contributed by atoms with Crippen molar-refractivity contribution in [1.82, 2.24) is 0 Å². The van der Waals surface area contributed by atoms with Gasteiger partial charge in [0.05, 0.1) is 0 Å². The summed E-state index contributed by atoms with van der Waals surface area (Å²) < 4.78 is 0.373. The summed E-state index contributed by atoms with van der Waals surface area (Å²) in [5.74, 6) is 0. The van der Waals surface area contributed by atoms with Gasteiger partial charge in [-0.3, -0.25) is 0 Å². The molecule has 0 aromatic carbocycles. The summed E-state index contributed by atoms with van der Waals surface area (Å²) in [4.78, 5) is 0. The zero-order valence-electron chi connectivity index (χ0n) is 7.48. The Balaban J connectivity index is 0.000000371. The normalized spacial score (nSPS) is 22.8. The van der Waals surface area contributed by atoms with Crippen LogP contribution in [0.1, 0.15) is 52.9 Å². The van der Waals surface area contributed by atoms with Gasteiger partial charge in [0.15, 0.2) is 0 Å². The summed E-state index contributed by atoms with van der Waals surface area (Å²) in [7, 11) is 0. The van der Waals surface area contributed by atoms with Gasteiger partial charge in [0, 0.05) is 4.75 Å². The molecule has 0 N–H and O–H groups in total. The molecule has 1 aliphatic rings. The maximum Gasteiger partial charge on any atom is 0.0101 e. The SMILES string of the molecule is CC.CC1(S)CCCCC1. The van der Waals surface area contributed by atoms with Crippen LogP contribution in [0.25, 0.3) is 0 Å². The quantitative estimate of drug-likeness (QED) is 0.514. The lowest BCUT2D eigenvalue weighted by molar-refractivity contribution is 0.425. The van der Waals surface area contributed by atoms with Crippen molar-refractivity contribution in [2.24, 2.45) is 0 Å². The molecule has 0 heterocycles. The fourth-order valence-electron chi connectivity index (χ4n) is 1.31. The summed E-state index contributed by atoms with van der Waals surface area (Å²) in [6.07, 6.45) is 6.84. The van der Waals surface area contributed by atoms with Gasteiger partial charge in [0.2, 0.25) is 0 Å². The van der Waals surface area contributed by atoms with Crippen LogP contribution in [0.4, 0.5) is 0 Å². The Kier molecular flexibility index (Phi) is 5.24. The van der Waals surface area contributed by atoms with Crippen LogP contribution in [0.5, 0.6) is 0 Å². The second kappa shape index (κ2) is 5.06. The molecule has 0 aliphatic heterocycles. The number of thiol groups is 1. The van der Waals surface area contributed by atoms with Crippen molar-refractivity contribution in [3.63, 3.8) is 0 Å². The zero-order valence-corrected chi connectivity index (χ0v) is 8.38. The first kappa shape index (κ1) is 10.3. The van der Waals surface area contributed by atoms with Crippen LogP contribution >= 0.6 is 12.6 Å². The van der Waals surface area contributed by atoms with Crippen LogP contribution in [0.2, 0.25) is 0 Å². The van der Waals surface area contributed by atoms with Gasteiger partial charge in [0.1, 0.15) is 0 Å². The molecule has 0 atom stereocenters. The van der Waals surface area contributed by atoms with E-state index in [0.29, 0.717) is 4.75 Å². The van der Waals surface area contributed by atoms with E-state index in [-0.39, 0.29) is 0 Å². The van der Waals surface area contributed by atoms with Gasteiger partial charge in [-0.15, -0.1) is 0 Å². The van der Waals surface area contributed by atoms with Gasteiger partial charge in [-0.25, -0.2) is 0 Å². The highest BCUT2D eigenvalue weighted by molar-refractivity contribution is 7.81. The summed E-state index contributed by atoms with van der Waals surface area (Å²) in [6.45, 7) is 6.25. The van der Waals surface area contributed by atoms with Gasteiger partial charge in [-0.05, 0) is 12.8 Å². The monoisotopic (exact) mass is 160 g/mol. The van der Waals surface area contributed by atoms with Crippen molar-refractivity contribution < 1.29 is 0 Å². The van der Waals surface area contributed by atoms with Crippen LogP contribution in [0, 0.1) is 0 Å². The molecular formula is C9H20S. The average Bonchev–Trinajstić information content (AvgIpc) is 1.92. The Morgan fingerprint density at radius 1 is 1.00 bits per heavy atom. The Labute approximate surface area is 70.8 Å². The molecule has 62 valence electrons. The largest absolute Gasteiger partial charge is 0.173 e. The molecular weight excluding hydrogens is 140 g/mol. The number of hydrogen-bond donors (Lipinski definition) is 1. The Hall–Kier alpha value is 0.350. The molecule has 0 spiro atoms. The molecule has 0 unspecified atom stereocenters. The molecule has 1 heteroatoms. The minimum atomic E-state index is 0.373. The Bertz CT molecular complexity index is 68.8. The third-order valence-electron chi connectivity index (χ3n) is 1.93. The van der Waals surface area contributed by atoms with E-state index in [0.717, 1.165) is 0 Å². The molecule has 1 fully saturated rings. The molecule has 10 heavy (non-hydrogen) atoms. The molecule has 0 saturated heterocycles. The van der Waals surface area contributed by atoms with E-state index in [2.05, 4.69) is 19.6 Å². The van der Waals surface area contributed by atoms with E-state index in [1.165, 1.54) is 32.1 Å². The van der Waals surface area contributed by atoms with Crippen LogP contribution in [0.3, 0.4) is 0 Å². The lowest BCUT2D eigenvalue weighted by Gasteiger charge is -2.27. The lowest BCUT2D eigenvalue weighted by Crippen LogP contribution is -2.19. The third-order valence-corrected chi connectivity index (χ3v) is 2.38. The third kappa shape index (κ3) is 4.21. The van der Waals surface area contributed by atoms with Gasteiger partial charge in [0.25, 0.3) is 0 Å². The van der Waals surface area contributed by atoms with Crippen molar-refractivity contribution >= 4 is 12.6 Å². The first-order chi connectivity index (χ1) is 4.71. The molecule has 0 amide bonds. The summed E-state index contributed by atoms with van der Waals surface area (Å²) in [5, 5.41) is 0. The molecule has 0 aromatic heterocycles. The topological polar surface area (TPSA) is 0 Å².